The molecule has 0 fully saturated rings. The summed E-state index contributed by atoms with van der Waals surface area (Å²) in [5.41, 5.74) is 2.39. The number of amides is 1. The number of nitrogens with zero attached hydrogens (tertiary/aromatic N) is 2. The van der Waals surface area contributed by atoms with Crippen LogP contribution in [0.5, 0.6) is 0 Å². The fraction of sp³-hybridized carbons (Fsp3) is 0.0625. The molecule has 104 valence electrons. The smallest absolute Gasteiger partial charge is 0.253 e. The first-order valence-corrected chi connectivity index (χ1v) is 7.25. The Bertz CT molecular complexity index is 804. The largest absolute Gasteiger partial charge is 0.348 e. The van der Waals surface area contributed by atoms with E-state index >= 15 is 0 Å². The van der Waals surface area contributed by atoms with Crippen molar-refractivity contribution in [3.63, 3.8) is 0 Å². The van der Waals surface area contributed by atoms with Gasteiger partial charge in [0.1, 0.15) is 0 Å². The van der Waals surface area contributed by atoms with Gasteiger partial charge in [0.2, 0.25) is 0 Å². The molecule has 0 bridgehead atoms. The third-order valence-corrected chi connectivity index (χ3v) is 3.91. The SMILES string of the molecule is O=C(NCc1ccccc1Br)c1cnc2ccncc2c1. The standard InChI is InChI=1S/C16H12BrN3O/c17-14-4-2-1-3-11(14)9-20-16(21)13-7-12-8-18-6-5-15(12)19-10-13/h1-8,10H,9H2,(H,20,21). The van der Waals surface area contributed by atoms with Crippen molar-refractivity contribution in [2.45, 2.75) is 6.54 Å². The van der Waals surface area contributed by atoms with Crippen LogP contribution in [0.15, 0.2) is 59.5 Å². The summed E-state index contributed by atoms with van der Waals surface area (Å²) in [5.74, 6) is -0.149. The van der Waals surface area contributed by atoms with E-state index in [1.165, 1.54) is 0 Å². The number of hydrogen-bond acceptors (Lipinski definition) is 3. The minimum atomic E-state index is -0.149. The van der Waals surface area contributed by atoms with Crippen molar-refractivity contribution in [1.82, 2.24) is 15.3 Å². The molecule has 21 heavy (non-hydrogen) atoms. The molecule has 2 aromatic heterocycles. The van der Waals surface area contributed by atoms with Crippen LogP contribution in [0.4, 0.5) is 0 Å². The first-order chi connectivity index (χ1) is 10.2. The van der Waals surface area contributed by atoms with E-state index in [1.807, 2.05) is 30.3 Å². The number of aromatic nitrogens is 2. The third kappa shape index (κ3) is 3.08. The predicted molar refractivity (Wildman–Crippen MR) is 84.9 cm³/mol. The number of hydrogen-bond donors (Lipinski definition) is 1. The van der Waals surface area contributed by atoms with Crippen molar-refractivity contribution in [2.75, 3.05) is 0 Å². The van der Waals surface area contributed by atoms with Gasteiger partial charge in [0.15, 0.2) is 0 Å². The zero-order valence-corrected chi connectivity index (χ0v) is 12.7. The Hall–Kier alpha value is -2.27. The van der Waals surface area contributed by atoms with Crippen molar-refractivity contribution < 1.29 is 4.79 Å². The van der Waals surface area contributed by atoms with Crippen molar-refractivity contribution in [3.8, 4) is 0 Å². The molecule has 4 nitrogen and oxygen atoms in total. The van der Waals surface area contributed by atoms with Crippen LogP contribution < -0.4 is 5.32 Å². The van der Waals surface area contributed by atoms with E-state index in [9.17, 15) is 4.79 Å². The summed E-state index contributed by atoms with van der Waals surface area (Å²) >= 11 is 3.46. The van der Waals surface area contributed by atoms with E-state index in [1.54, 1.807) is 24.7 Å². The van der Waals surface area contributed by atoms with Gasteiger partial charge in [-0.1, -0.05) is 34.1 Å². The lowest BCUT2D eigenvalue weighted by Gasteiger charge is -2.07. The second-order valence-corrected chi connectivity index (χ2v) is 5.42. The lowest BCUT2D eigenvalue weighted by atomic mass is 10.2. The molecular formula is C16H12BrN3O. The molecule has 0 radical (unpaired) electrons. The van der Waals surface area contributed by atoms with Crippen LogP contribution in [-0.2, 0) is 6.54 Å². The van der Waals surface area contributed by atoms with E-state index in [-0.39, 0.29) is 5.91 Å². The van der Waals surface area contributed by atoms with Crippen LogP contribution >= 0.6 is 15.9 Å². The maximum Gasteiger partial charge on any atom is 0.253 e. The number of carbonyl (C=O) groups excluding carboxylic acids is 1. The molecule has 0 aliphatic heterocycles. The molecule has 0 saturated heterocycles. The first-order valence-electron chi connectivity index (χ1n) is 6.45. The van der Waals surface area contributed by atoms with Crippen LogP contribution in [0.3, 0.4) is 0 Å². The fourth-order valence-electron chi connectivity index (χ4n) is 2.02. The van der Waals surface area contributed by atoms with Gasteiger partial charge in [0, 0.05) is 35.0 Å². The number of pyridine rings is 2. The van der Waals surface area contributed by atoms with E-state index in [0.717, 1.165) is 20.9 Å². The van der Waals surface area contributed by atoms with E-state index in [0.29, 0.717) is 12.1 Å². The molecule has 0 spiro atoms. The molecule has 3 aromatic rings. The highest BCUT2D eigenvalue weighted by atomic mass is 79.9. The van der Waals surface area contributed by atoms with E-state index in [2.05, 4.69) is 31.2 Å². The van der Waals surface area contributed by atoms with Gasteiger partial charge in [-0.3, -0.25) is 14.8 Å². The van der Waals surface area contributed by atoms with Gasteiger partial charge in [0.05, 0.1) is 11.1 Å². The van der Waals surface area contributed by atoms with Gasteiger partial charge in [-0.15, -0.1) is 0 Å². The zero-order valence-electron chi connectivity index (χ0n) is 11.1. The highest BCUT2D eigenvalue weighted by Crippen LogP contribution is 2.16. The normalized spacial score (nSPS) is 10.5. The number of carbonyl (C=O) groups is 1. The van der Waals surface area contributed by atoms with Crippen molar-refractivity contribution in [1.29, 1.82) is 0 Å². The Morgan fingerprint density at radius 2 is 2.05 bits per heavy atom. The van der Waals surface area contributed by atoms with Gasteiger partial charge in [-0.2, -0.15) is 0 Å². The summed E-state index contributed by atoms with van der Waals surface area (Å²) < 4.78 is 0.978. The molecular weight excluding hydrogens is 330 g/mol. The van der Waals surface area contributed by atoms with Gasteiger partial charge >= 0.3 is 0 Å². The van der Waals surface area contributed by atoms with Crippen LogP contribution in [0, 0.1) is 0 Å². The summed E-state index contributed by atoms with van der Waals surface area (Å²) in [4.78, 5) is 20.5. The quantitative estimate of drug-likeness (QED) is 0.794. The predicted octanol–water partition coefficient (Wildman–Crippen LogP) is 3.32. The molecule has 5 heteroatoms. The first kappa shape index (κ1) is 13.7. The fourth-order valence-corrected chi connectivity index (χ4v) is 2.44. The maximum absolute atomic E-state index is 12.2. The number of nitrogens with one attached hydrogen (secondary N) is 1. The molecule has 0 saturated carbocycles. The minimum Gasteiger partial charge on any atom is -0.348 e. The Balaban J connectivity index is 1.76. The highest BCUT2D eigenvalue weighted by Gasteiger charge is 2.08. The molecule has 1 aromatic carbocycles. The second-order valence-electron chi connectivity index (χ2n) is 4.57. The summed E-state index contributed by atoms with van der Waals surface area (Å²) in [7, 11) is 0. The Kier molecular flexibility index (Phi) is 3.92. The van der Waals surface area contributed by atoms with Crippen LogP contribution in [0.1, 0.15) is 15.9 Å². The monoisotopic (exact) mass is 341 g/mol. The van der Waals surface area contributed by atoms with Crippen LogP contribution in [-0.4, -0.2) is 15.9 Å². The zero-order chi connectivity index (χ0) is 14.7. The average molecular weight is 342 g/mol. The molecule has 2 heterocycles. The lowest BCUT2D eigenvalue weighted by Crippen LogP contribution is -2.23. The summed E-state index contributed by atoms with van der Waals surface area (Å²) in [6.45, 7) is 0.464. The maximum atomic E-state index is 12.2. The Labute approximate surface area is 130 Å². The number of rotatable bonds is 3. The Morgan fingerprint density at radius 1 is 1.19 bits per heavy atom. The molecule has 0 aliphatic carbocycles. The molecule has 0 atom stereocenters. The number of fused-ring (bicyclic) bond motifs is 1. The van der Waals surface area contributed by atoms with Crippen molar-refractivity contribution in [3.05, 3.63) is 70.6 Å². The molecule has 3 rings (SSSR count). The number of halogens is 1. The van der Waals surface area contributed by atoms with Gasteiger partial charge in [-0.25, -0.2) is 0 Å². The second kappa shape index (κ2) is 6.01. The summed E-state index contributed by atoms with van der Waals surface area (Å²) in [6, 6.07) is 11.4. The number of benzene rings is 1. The van der Waals surface area contributed by atoms with E-state index < -0.39 is 0 Å². The van der Waals surface area contributed by atoms with Crippen molar-refractivity contribution >= 4 is 32.7 Å². The van der Waals surface area contributed by atoms with Crippen LogP contribution in [0.25, 0.3) is 10.9 Å². The molecule has 1 N–H and O–H groups in total. The highest BCUT2D eigenvalue weighted by molar-refractivity contribution is 9.10. The van der Waals surface area contributed by atoms with Gasteiger partial charge < -0.3 is 5.32 Å². The summed E-state index contributed by atoms with van der Waals surface area (Å²) in [6.07, 6.45) is 4.96. The van der Waals surface area contributed by atoms with E-state index in [4.69, 9.17) is 0 Å². The molecule has 0 aliphatic rings. The lowest BCUT2D eigenvalue weighted by molar-refractivity contribution is 0.0950. The molecule has 0 unspecified atom stereocenters. The van der Waals surface area contributed by atoms with Crippen molar-refractivity contribution in [2.24, 2.45) is 0 Å². The van der Waals surface area contributed by atoms with Gasteiger partial charge in [0.25, 0.3) is 5.91 Å². The minimum absolute atomic E-state index is 0.149. The topological polar surface area (TPSA) is 54.9 Å². The Morgan fingerprint density at radius 3 is 2.90 bits per heavy atom. The van der Waals surface area contributed by atoms with Crippen LogP contribution in [0.2, 0.25) is 0 Å². The summed E-state index contributed by atoms with van der Waals surface area (Å²) in [5, 5.41) is 3.74. The third-order valence-electron chi connectivity index (χ3n) is 3.14. The molecule has 1 amide bonds. The average Bonchev–Trinajstić information content (AvgIpc) is 2.53. The van der Waals surface area contributed by atoms with Gasteiger partial charge in [-0.05, 0) is 23.8 Å².